The fraction of sp³-hybridized carbons (Fsp3) is 0.222. The van der Waals surface area contributed by atoms with Crippen LogP contribution in [0.3, 0.4) is 0 Å². The van der Waals surface area contributed by atoms with E-state index in [1.54, 1.807) is 72.8 Å². The highest BCUT2D eigenvalue weighted by molar-refractivity contribution is 6.30. The first-order valence-electron chi connectivity index (χ1n) is 15.1. The third-order valence-electron chi connectivity index (χ3n) is 7.08. The van der Waals surface area contributed by atoms with Crippen molar-refractivity contribution in [1.29, 1.82) is 0 Å². The van der Waals surface area contributed by atoms with E-state index in [1.807, 2.05) is 6.92 Å². The highest BCUT2D eigenvalue weighted by atomic mass is 35.5. The number of benzene rings is 4. The molecule has 1 heterocycles. The second kappa shape index (κ2) is 16.1. The van der Waals surface area contributed by atoms with Crippen LogP contribution in [0.4, 0.5) is 0 Å². The molecule has 4 aromatic carbocycles. The van der Waals surface area contributed by atoms with Crippen LogP contribution in [0.2, 0.25) is 5.02 Å². The van der Waals surface area contributed by atoms with Crippen molar-refractivity contribution in [3.63, 3.8) is 0 Å². The lowest BCUT2D eigenvalue weighted by Crippen LogP contribution is -2.56. The van der Waals surface area contributed by atoms with Gasteiger partial charge in [0.05, 0.1) is 6.10 Å². The number of rotatable bonds is 14. The third-order valence-corrected chi connectivity index (χ3v) is 7.32. The van der Waals surface area contributed by atoms with Crippen molar-refractivity contribution in [1.82, 2.24) is 5.32 Å². The van der Waals surface area contributed by atoms with Gasteiger partial charge in [0.25, 0.3) is 0 Å². The fourth-order valence-electron chi connectivity index (χ4n) is 4.73. The van der Waals surface area contributed by atoms with Gasteiger partial charge in [-0.3, -0.25) is 0 Å². The lowest BCUT2D eigenvalue weighted by molar-refractivity contribution is -0.204. The summed E-state index contributed by atoms with van der Waals surface area (Å²) in [6.45, 7) is 0.387. The lowest BCUT2D eigenvalue weighted by Gasteiger charge is -2.22. The molecule has 2 N–H and O–H groups in total. The van der Waals surface area contributed by atoms with Gasteiger partial charge in [-0.1, -0.05) is 66.2 Å². The van der Waals surface area contributed by atoms with Crippen molar-refractivity contribution in [2.45, 2.75) is 31.3 Å². The maximum atomic E-state index is 13.4. The molecule has 0 amide bonds. The zero-order chi connectivity index (χ0) is 34.8. The van der Waals surface area contributed by atoms with E-state index in [0.717, 1.165) is 5.56 Å². The molecule has 0 unspecified atom stereocenters. The Morgan fingerprint density at radius 2 is 1.33 bits per heavy atom. The summed E-state index contributed by atoms with van der Waals surface area (Å²) >= 11 is 6.03. The number of aliphatic hydroxyl groups excluding tert-OH is 1. The van der Waals surface area contributed by atoms with E-state index < -0.39 is 49.0 Å². The summed E-state index contributed by atoms with van der Waals surface area (Å²) < 4.78 is 31.9. The van der Waals surface area contributed by atoms with Crippen LogP contribution in [0.25, 0.3) is 0 Å². The summed E-state index contributed by atoms with van der Waals surface area (Å²) in [4.78, 5) is 51.5. The second-order valence-corrected chi connectivity index (χ2v) is 11.3. The molecule has 0 saturated heterocycles. The SMILES string of the molecule is C[C@H](Cc1ccc2c(c1)OC(C(=O)OCC(=O)Oc1ccccc1)(C(=O)OCC(=O)Oc1ccccc1)O2)NC[C@H](O)c1cccc(Cl)c1. The quantitative estimate of drug-likeness (QED) is 0.110. The molecule has 13 heteroatoms. The number of aliphatic hydroxyl groups is 1. The lowest BCUT2D eigenvalue weighted by atomic mass is 10.1. The Hall–Kier alpha value is -5.43. The molecule has 4 aromatic rings. The molecule has 0 fully saturated rings. The summed E-state index contributed by atoms with van der Waals surface area (Å²) in [7, 11) is 0. The maximum Gasteiger partial charge on any atom is 0.453 e. The van der Waals surface area contributed by atoms with Crippen LogP contribution in [0.15, 0.2) is 103 Å². The van der Waals surface area contributed by atoms with Gasteiger partial charge in [-0.05, 0) is 73.0 Å². The predicted molar refractivity (Wildman–Crippen MR) is 174 cm³/mol. The Balaban J connectivity index is 1.25. The summed E-state index contributed by atoms with van der Waals surface area (Å²) in [5.74, 6) is -7.10. The number of hydrogen-bond acceptors (Lipinski definition) is 12. The van der Waals surface area contributed by atoms with Gasteiger partial charge >= 0.3 is 29.7 Å². The first-order valence-corrected chi connectivity index (χ1v) is 15.5. The number of carbonyl (C=O) groups excluding carboxylic acids is 4. The molecule has 0 spiro atoms. The van der Waals surface area contributed by atoms with E-state index in [2.05, 4.69) is 5.32 Å². The molecule has 5 rings (SSSR count). The zero-order valence-corrected chi connectivity index (χ0v) is 27.0. The van der Waals surface area contributed by atoms with Gasteiger partial charge in [0.1, 0.15) is 11.5 Å². The van der Waals surface area contributed by atoms with Crippen LogP contribution >= 0.6 is 11.6 Å². The topological polar surface area (TPSA) is 156 Å². The van der Waals surface area contributed by atoms with E-state index in [4.69, 9.17) is 40.0 Å². The molecule has 0 bridgehead atoms. The molecule has 2 atom stereocenters. The maximum absolute atomic E-state index is 13.4. The van der Waals surface area contributed by atoms with Crippen molar-refractivity contribution >= 4 is 35.5 Å². The Labute approximate surface area is 286 Å². The standard InChI is InChI=1S/C36H32ClNO11/c1-23(38-20-29(39)25-9-8-10-26(37)19-25)17-24-15-16-30-31(18-24)49-36(48-30,34(42)44-21-32(40)46-27-11-4-2-5-12-27)35(43)45-22-33(41)47-28-13-6-3-7-14-28/h2-16,18-19,23,29,38-39H,17,20-22H2,1H3/t23-,29+/m1/s1. The highest BCUT2D eigenvalue weighted by Gasteiger charge is 2.60. The van der Waals surface area contributed by atoms with Gasteiger partial charge in [-0.15, -0.1) is 0 Å². The Morgan fingerprint density at radius 1 is 0.755 bits per heavy atom. The Bertz CT molecular complexity index is 1710. The van der Waals surface area contributed by atoms with Crippen LogP contribution in [-0.2, 0) is 35.1 Å². The smallest absolute Gasteiger partial charge is 0.447 e. The third kappa shape index (κ3) is 9.35. The summed E-state index contributed by atoms with van der Waals surface area (Å²) in [6.07, 6.45) is -0.331. The van der Waals surface area contributed by atoms with Crippen LogP contribution < -0.4 is 24.3 Å². The summed E-state index contributed by atoms with van der Waals surface area (Å²) in [5, 5.41) is 14.3. The van der Waals surface area contributed by atoms with Gasteiger partial charge in [0, 0.05) is 17.6 Å². The molecular weight excluding hydrogens is 658 g/mol. The van der Waals surface area contributed by atoms with Crippen LogP contribution in [0.5, 0.6) is 23.0 Å². The van der Waals surface area contributed by atoms with Crippen molar-refractivity contribution in [3.05, 3.63) is 119 Å². The zero-order valence-electron chi connectivity index (χ0n) is 26.2. The Morgan fingerprint density at radius 3 is 1.90 bits per heavy atom. The van der Waals surface area contributed by atoms with Crippen LogP contribution in [0, 0.1) is 0 Å². The van der Waals surface area contributed by atoms with Crippen molar-refractivity contribution in [3.8, 4) is 23.0 Å². The number of esters is 4. The average Bonchev–Trinajstić information content (AvgIpc) is 3.50. The number of fused-ring (bicyclic) bond motifs is 1. The molecule has 254 valence electrons. The minimum Gasteiger partial charge on any atom is -0.447 e. The second-order valence-electron chi connectivity index (χ2n) is 10.9. The largest absolute Gasteiger partial charge is 0.453 e. The summed E-state index contributed by atoms with van der Waals surface area (Å²) in [6, 6.07) is 27.8. The number of halogens is 1. The van der Waals surface area contributed by atoms with Crippen molar-refractivity contribution < 1.29 is 52.7 Å². The van der Waals surface area contributed by atoms with Crippen LogP contribution in [0.1, 0.15) is 24.2 Å². The number of carbonyl (C=O) groups is 4. The summed E-state index contributed by atoms with van der Waals surface area (Å²) in [5.41, 5.74) is 1.40. The predicted octanol–water partition coefficient (Wildman–Crippen LogP) is 4.36. The van der Waals surface area contributed by atoms with Crippen molar-refractivity contribution in [2.24, 2.45) is 0 Å². The van der Waals surface area contributed by atoms with E-state index in [-0.39, 0.29) is 35.6 Å². The van der Waals surface area contributed by atoms with E-state index in [9.17, 15) is 24.3 Å². The first kappa shape index (κ1) is 34.9. The molecule has 0 radical (unpaired) electrons. The van der Waals surface area contributed by atoms with Gasteiger partial charge in [-0.25, -0.2) is 19.2 Å². The van der Waals surface area contributed by atoms with Gasteiger partial charge in [-0.2, -0.15) is 0 Å². The molecule has 0 aliphatic carbocycles. The van der Waals surface area contributed by atoms with Gasteiger partial charge in [0.15, 0.2) is 24.7 Å². The molecule has 0 saturated carbocycles. The van der Waals surface area contributed by atoms with Crippen LogP contribution in [-0.4, -0.2) is 60.6 Å². The fourth-order valence-corrected chi connectivity index (χ4v) is 4.93. The van der Waals surface area contributed by atoms with E-state index in [1.165, 1.54) is 30.3 Å². The monoisotopic (exact) mass is 689 g/mol. The number of ether oxygens (including phenoxy) is 6. The first-order chi connectivity index (χ1) is 23.6. The number of para-hydroxylation sites is 2. The molecule has 0 aromatic heterocycles. The molecule has 1 aliphatic rings. The number of hydrogen-bond donors (Lipinski definition) is 2. The van der Waals surface area contributed by atoms with Crippen molar-refractivity contribution in [2.75, 3.05) is 19.8 Å². The van der Waals surface area contributed by atoms with E-state index >= 15 is 0 Å². The number of nitrogens with one attached hydrogen (secondary N) is 1. The molecular formula is C36H32ClNO11. The average molecular weight is 690 g/mol. The van der Waals surface area contributed by atoms with Gasteiger partial charge in [0.2, 0.25) is 0 Å². The molecule has 49 heavy (non-hydrogen) atoms. The normalized spacial score (nSPS) is 13.9. The minimum absolute atomic E-state index is 0.00775. The van der Waals surface area contributed by atoms with Gasteiger partial charge < -0.3 is 38.8 Å². The Kier molecular flexibility index (Phi) is 11.5. The molecule has 1 aliphatic heterocycles. The molecule has 12 nitrogen and oxygen atoms in total. The minimum atomic E-state index is -2.84. The highest BCUT2D eigenvalue weighted by Crippen LogP contribution is 2.41. The van der Waals surface area contributed by atoms with E-state index in [0.29, 0.717) is 17.0 Å².